The van der Waals surface area contributed by atoms with Gasteiger partial charge in [-0.05, 0) is 31.9 Å². The van der Waals surface area contributed by atoms with Gasteiger partial charge in [0.15, 0.2) is 0 Å². The lowest BCUT2D eigenvalue weighted by Gasteiger charge is -2.42. The molecule has 1 unspecified atom stereocenters. The number of aromatic nitrogens is 1. The van der Waals surface area contributed by atoms with E-state index in [1.54, 1.807) is 14.1 Å². The van der Waals surface area contributed by atoms with E-state index in [1.807, 2.05) is 12.4 Å². The Hall–Kier alpha value is -1.50. The summed E-state index contributed by atoms with van der Waals surface area (Å²) in [7, 11) is 3.45. The zero-order valence-electron chi connectivity index (χ0n) is 15.4. The number of nitrogens with zero attached hydrogens (tertiary/aromatic N) is 3. The molecule has 2 rings (SSSR count). The van der Waals surface area contributed by atoms with E-state index in [0.717, 1.165) is 19.6 Å². The topological polar surface area (TPSA) is 54.9 Å². The quantitative estimate of drug-likeness (QED) is 0.788. The van der Waals surface area contributed by atoms with Gasteiger partial charge in [0.1, 0.15) is 6.61 Å². The van der Waals surface area contributed by atoms with Crippen molar-refractivity contribution in [1.29, 1.82) is 0 Å². The fourth-order valence-electron chi connectivity index (χ4n) is 2.99. The van der Waals surface area contributed by atoms with Crippen LogP contribution < -0.4 is 0 Å². The molecule has 0 spiro atoms. The third-order valence-electron chi connectivity index (χ3n) is 3.92. The van der Waals surface area contributed by atoms with Gasteiger partial charge in [-0.15, -0.1) is 0 Å². The molecule has 1 fully saturated rings. The van der Waals surface area contributed by atoms with Gasteiger partial charge in [0.2, 0.25) is 5.91 Å². The molecule has 1 aliphatic rings. The second-order valence-electron chi connectivity index (χ2n) is 7.34. The van der Waals surface area contributed by atoms with Crippen LogP contribution in [-0.2, 0) is 20.8 Å². The van der Waals surface area contributed by atoms with E-state index in [2.05, 4.69) is 36.7 Å². The van der Waals surface area contributed by atoms with Crippen molar-refractivity contribution in [2.45, 2.75) is 39.0 Å². The monoisotopic (exact) mass is 335 g/mol. The molecule has 2 heterocycles. The number of hydrogen-bond acceptors (Lipinski definition) is 5. The zero-order valence-corrected chi connectivity index (χ0v) is 15.4. The molecule has 1 aromatic rings. The zero-order chi connectivity index (χ0) is 17.7. The summed E-state index contributed by atoms with van der Waals surface area (Å²) in [4.78, 5) is 19.8. The van der Waals surface area contributed by atoms with Gasteiger partial charge < -0.3 is 14.4 Å². The highest BCUT2D eigenvalue weighted by atomic mass is 16.5. The number of morpholine rings is 1. The predicted octanol–water partition coefficient (Wildman–Crippen LogP) is 1.47. The summed E-state index contributed by atoms with van der Waals surface area (Å²) in [5, 5.41) is 0. The fourth-order valence-corrected chi connectivity index (χ4v) is 2.99. The summed E-state index contributed by atoms with van der Waals surface area (Å²) >= 11 is 0. The molecule has 0 radical (unpaired) electrons. The van der Waals surface area contributed by atoms with E-state index >= 15 is 0 Å². The summed E-state index contributed by atoms with van der Waals surface area (Å²) in [6.45, 7) is 9.23. The van der Waals surface area contributed by atoms with Gasteiger partial charge in [0.25, 0.3) is 0 Å². The van der Waals surface area contributed by atoms with Crippen molar-refractivity contribution in [2.24, 2.45) is 0 Å². The Labute approximate surface area is 144 Å². The molecule has 24 heavy (non-hydrogen) atoms. The van der Waals surface area contributed by atoms with E-state index in [-0.39, 0.29) is 24.2 Å². The van der Waals surface area contributed by atoms with E-state index in [9.17, 15) is 4.79 Å². The molecule has 0 aromatic carbocycles. The minimum atomic E-state index is -0.241. The standard InChI is InChI=1S/C18H29N3O3/c1-14-6-15(8-19-7-14)9-21-10-16(24-18(2,3)13-21)11-23-12-17(22)20(4)5/h6-8,16H,9-13H2,1-5H3. The third kappa shape index (κ3) is 5.85. The van der Waals surface area contributed by atoms with Crippen molar-refractivity contribution in [1.82, 2.24) is 14.8 Å². The van der Waals surface area contributed by atoms with Crippen LogP contribution in [0.3, 0.4) is 0 Å². The molecule has 6 nitrogen and oxygen atoms in total. The van der Waals surface area contributed by atoms with E-state index < -0.39 is 0 Å². The number of likely N-dealkylation sites (N-methyl/N-ethyl adjacent to an activating group) is 1. The van der Waals surface area contributed by atoms with Gasteiger partial charge in [0, 0.05) is 46.1 Å². The molecule has 0 bridgehead atoms. The number of pyridine rings is 1. The minimum absolute atomic E-state index is 0.0345. The average Bonchev–Trinajstić information content (AvgIpc) is 2.45. The number of aryl methyl sites for hydroxylation is 1. The Kier molecular flexibility index (Phi) is 6.32. The Morgan fingerprint density at radius 2 is 2.21 bits per heavy atom. The van der Waals surface area contributed by atoms with Gasteiger partial charge in [0.05, 0.1) is 18.3 Å². The number of hydrogen-bond donors (Lipinski definition) is 0. The first-order valence-electron chi connectivity index (χ1n) is 8.34. The Balaban J connectivity index is 1.90. The summed E-state index contributed by atoms with van der Waals surface area (Å²) in [6, 6.07) is 2.16. The van der Waals surface area contributed by atoms with Crippen molar-refractivity contribution < 1.29 is 14.3 Å². The van der Waals surface area contributed by atoms with Gasteiger partial charge in [-0.2, -0.15) is 0 Å². The van der Waals surface area contributed by atoms with Crippen molar-refractivity contribution in [3.63, 3.8) is 0 Å². The molecule has 134 valence electrons. The number of ether oxygens (including phenoxy) is 2. The van der Waals surface area contributed by atoms with Crippen LogP contribution >= 0.6 is 0 Å². The van der Waals surface area contributed by atoms with Crippen LogP contribution in [0.15, 0.2) is 18.5 Å². The molecule has 1 aliphatic heterocycles. The lowest BCUT2D eigenvalue weighted by molar-refractivity contribution is -0.161. The molecule has 0 saturated carbocycles. The molecule has 6 heteroatoms. The van der Waals surface area contributed by atoms with E-state index in [1.165, 1.54) is 16.0 Å². The lowest BCUT2D eigenvalue weighted by atomic mass is 10.0. The lowest BCUT2D eigenvalue weighted by Crippen LogP contribution is -2.53. The summed E-state index contributed by atoms with van der Waals surface area (Å²) in [5.41, 5.74) is 2.13. The van der Waals surface area contributed by atoms with Crippen molar-refractivity contribution in [3.05, 3.63) is 29.6 Å². The van der Waals surface area contributed by atoms with Gasteiger partial charge in [-0.1, -0.05) is 6.07 Å². The van der Waals surface area contributed by atoms with Crippen LogP contribution in [0.25, 0.3) is 0 Å². The Morgan fingerprint density at radius 1 is 1.46 bits per heavy atom. The maximum atomic E-state index is 11.6. The molecular weight excluding hydrogens is 306 g/mol. The third-order valence-corrected chi connectivity index (χ3v) is 3.92. The second kappa shape index (κ2) is 8.05. The van der Waals surface area contributed by atoms with E-state index in [4.69, 9.17) is 9.47 Å². The molecule has 1 amide bonds. The van der Waals surface area contributed by atoms with E-state index in [0.29, 0.717) is 6.61 Å². The van der Waals surface area contributed by atoms with Gasteiger partial charge in [-0.25, -0.2) is 0 Å². The largest absolute Gasteiger partial charge is 0.369 e. The molecule has 0 N–H and O–H groups in total. The van der Waals surface area contributed by atoms with Gasteiger partial charge in [-0.3, -0.25) is 14.7 Å². The predicted molar refractivity (Wildman–Crippen MR) is 92.7 cm³/mol. The van der Waals surface area contributed by atoms with Crippen LogP contribution in [-0.4, -0.2) is 72.8 Å². The van der Waals surface area contributed by atoms with Crippen LogP contribution in [0.5, 0.6) is 0 Å². The maximum absolute atomic E-state index is 11.6. The normalized spacial score (nSPS) is 20.8. The van der Waals surface area contributed by atoms with Crippen LogP contribution in [0.2, 0.25) is 0 Å². The van der Waals surface area contributed by atoms with Crippen molar-refractivity contribution in [2.75, 3.05) is 40.4 Å². The van der Waals surface area contributed by atoms with Crippen LogP contribution in [0.1, 0.15) is 25.0 Å². The number of rotatable bonds is 6. The number of amides is 1. The molecule has 1 saturated heterocycles. The first kappa shape index (κ1) is 18.8. The Bertz CT molecular complexity index is 560. The van der Waals surface area contributed by atoms with Crippen molar-refractivity contribution >= 4 is 5.91 Å². The second-order valence-corrected chi connectivity index (χ2v) is 7.34. The molecule has 1 aromatic heterocycles. The molecular formula is C18H29N3O3. The maximum Gasteiger partial charge on any atom is 0.248 e. The van der Waals surface area contributed by atoms with Gasteiger partial charge >= 0.3 is 0 Å². The number of carbonyl (C=O) groups is 1. The first-order chi connectivity index (χ1) is 11.2. The van der Waals surface area contributed by atoms with Crippen LogP contribution in [0.4, 0.5) is 0 Å². The molecule has 1 atom stereocenters. The summed E-state index contributed by atoms with van der Waals surface area (Å²) < 4.78 is 11.7. The average molecular weight is 335 g/mol. The smallest absolute Gasteiger partial charge is 0.248 e. The highest BCUT2D eigenvalue weighted by Crippen LogP contribution is 2.22. The minimum Gasteiger partial charge on any atom is -0.369 e. The SMILES string of the molecule is Cc1cncc(CN2CC(COCC(=O)N(C)C)OC(C)(C)C2)c1. The number of carbonyl (C=O) groups excluding carboxylic acids is 1. The highest BCUT2D eigenvalue weighted by molar-refractivity contribution is 5.76. The highest BCUT2D eigenvalue weighted by Gasteiger charge is 2.33. The summed E-state index contributed by atoms with van der Waals surface area (Å²) in [6.07, 6.45) is 3.74. The fraction of sp³-hybridized carbons (Fsp3) is 0.667. The molecule has 0 aliphatic carbocycles. The Morgan fingerprint density at radius 3 is 2.88 bits per heavy atom. The first-order valence-corrected chi connectivity index (χ1v) is 8.34. The summed E-state index contributed by atoms with van der Waals surface area (Å²) in [5.74, 6) is -0.0345. The van der Waals surface area contributed by atoms with Crippen molar-refractivity contribution in [3.8, 4) is 0 Å². The van der Waals surface area contributed by atoms with Crippen LogP contribution in [0, 0.1) is 6.92 Å².